The largest absolute Gasteiger partial charge is 0.462 e. The first-order chi connectivity index (χ1) is 13.0. The number of esters is 2. The predicted molar refractivity (Wildman–Crippen MR) is 114 cm³/mol. The molecule has 0 fully saturated rings. The first kappa shape index (κ1) is 24.5. The minimum absolute atomic E-state index is 0.145. The van der Waals surface area contributed by atoms with E-state index in [1.807, 2.05) is 20.8 Å². The van der Waals surface area contributed by atoms with Gasteiger partial charge in [0, 0.05) is 11.3 Å². The van der Waals surface area contributed by atoms with Crippen LogP contribution in [0.3, 0.4) is 0 Å². The van der Waals surface area contributed by atoms with Gasteiger partial charge in [-0.2, -0.15) is 0 Å². The zero-order valence-electron chi connectivity index (χ0n) is 19.4. The van der Waals surface area contributed by atoms with E-state index < -0.39 is 5.41 Å². The van der Waals surface area contributed by atoms with Crippen molar-refractivity contribution in [3.63, 3.8) is 0 Å². The minimum Gasteiger partial charge on any atom is -0.462 e. The fourth-order valence-electron chi connectivity index (χ4n) is 3.68. The Balaban J connectivity index is 3.37. The molecule has 1 aliphatic rings. The quantitative estimate of drug-likeness (QED) is 0.364. The van der Waals surface area contributed by atoms with Gasteiger partial charge in [-0.1, -0.05) is 79.4 Å². The summed E-state index contributed by atoms with van der Waals surface area (Å²) in [5.74, 6) is -0.330. The van der Waals surface area contributed by atoms with E-state index in [-0.39, 0.29) is 23.8 Å². The van der Waals surface area contributed by atoms with E-state index in [1.165, 1.54) is 5.57 Å². The number of carbonyl (C=O) groups excluding carboxylic acids is 2. The lowest BCUT2D eigenvalue weighted by Crippen LogP contribution is -2.36. The maximum atomic E-state index is 13.1. The normalized spacial score (nSPS) is 21.4. The molecular weight excluding hydrogens is 352 g/mol. The van der Waals surface area contributed by atoms with Crippen LogP contribution < -0.4 is 0 Å². The molecule has 1 rings (SSSR count). The van der Waals surface area contributed by atoms with Crippen LogP contribution in [0.4, 0.5) is 0 Å². The molecular formula is C24H40O4. The lowest BCUT2D eigenvalue weighted by Gasteiger charge is -2.39. The maximum Gasteiger partial charge on any atom is 0.335 e. The fraction of sp³-hybridized carbons (Fsp3) is 0.750. The van der Waals surface area contributed by atoms with Crippen LogP contribution in [0.2, 0.25) is 0 Å². The molecule has 0 saturated carbocycles. The molecule has 1 aliphatic carbocycles. The Labute approximate surface area is 171 Å². The highest BCUT2D eigenvalue weighted by atomic mass is 16.5. The number of hydrogen-bond donors (Lipinski definition) is 0. The Morgan fingerprint density at radius 2 is 1.43 bits per heavy atom. The van der Waals surface area contributed by atoms with Crippen molar-refractivity contribution in [2.45, 2.75) is 81.6 Å². The average Bonchev–Trinajstić information content (AvgIpc) is 2.66. The van der Waals surface area contributed by atoms with Crippen molar-refractivity contribution < 1.29 is 19.1 Å². The molecule has 0 heterocycles. The van der Waals surface area contributed by atoms with Crippen LogP contribution in [0.1, 0.15) is 81.6 Å². The van der Waals surface area contributed by atoms with Crippen LogP contribution in [0, 0.1) is 23.2 Å². The van der Waals surface area contributed by atoms with Crippen molar-refractivity contribution in [3.8, 4) is 0 Å². The standard InChI is InChI=1S/C24H40O4/c1-10-15(4)13-27-22(25)20-17(6)19(12-3)18(7)24(8,9)21(20)23(26)28-14-16(5)11-2/h15-17H,10-14H2,1-9H3. The first-order valence-electron chi connectivity index (χ1n) is 10.8. The highest BCUT2D eigenvalue weighted by Gasteiger charge is 2.44. The molecule has 160 valence electrons. The highest BCUT2D eigenvalue weighted by Crippen LogP contribution is 2.48. The molecule has 0 aromatic rings. The molecule has 28 heavy (non-hydrogen) atoms. The maximum absolute atomic E-state index is 13.1. The predicted octanol–water partition coefficient (Wildman–Crippen LogP) is 5.86. The van der Waals surface area contributed by atoms with Gasteiger partial charge in [0.05, 0.1) is 24.4 Å². The van der Waals surface area contributed by atoms with Crippen LogP contribution in [0.15, 0.2) is 22.3 Å². The Morgan fingerprint density at radius 3 is 1.86 bits per heavy atom. The molecule has 0 radical (unpaired) electrons. The van der Waals surface area contributed by atoms with Gasteiger partial charge < -0.3 is 9.47 Å². The molecule has 4 nitrogen and oxygen atoms in total. The Hall–Kier alpha value is -1.58. The smallest absolute Gasteiger partial charge is 0.335 e. The van der Waals surface area contributed by atoms with Gasteiger partial charge in [-0.25, -0.2) is 9.59 Å². The third-order valence-electron chi connectivity index (χ3n) is 6.47. The fourth-order valence-corrected chi connectivity index (χ4v) is 3.68. The van der Waals surface area contributed by atoms with E-state index in [2.05, 4.69) is 41.5 Å². The van der Waals surface area contributed by atoms with Gasteiger partial charge in [0.2, 0.25) is 0 Å². The number of ether oxygens (including phenoxy) is 2. The van der Waals surface area contributed by atoms with Crippen LogP contribution in [0.5, 0.6) is 0 Å². The molecule has 0 saturated heterocycles. The van der Waals surface area contributed by atoms with Gasteiger partial charge >= 0.3 is 11.9 Å². The summed E-state index contributed by atoms with van der Waals surface area (Å²) in [5, 5.41) is 0. The summed E-state index contributed by atoms with van der Waals surface area (Å²) in [6, 6.07) is 0. The molecule has 0 bridgehead atoms. The van der Waals surface area contributed by atoms with Gasteiger partial charge in [-0.15, -0.1) is 0 Å². The Morgan fingerprint density at radius 1 is 0.964 bits per heavy atom. The molecule has 4 heteroatoms. The lowest BCUT2D eigenvalue weighted by molar-refractivity contribution is -0.145. The van der Waals surface area contributed by atoms with Crippen molar-refractivity contribution in [1.29, 1.82) is 0 Å². The molecule has 0 N–H and O–H groups in total. The van der Waals surface area contributed by atoms with E-state index in [0.717, 1.165) is 24.8 Å². The Bertz CT molecular complexity index is 639. The third kappa shape index (κ3) is 5.27. The minimum atomic E-state index is -0.560. The number of allylic oxidation sites excluding steroid dienone is 2. The molecule has 0 aromatic heterocycles. The van der Waals surface area contributed by atoms with E-state index in [0.29, 0.717) is 30.3 Å². The van der Waals surface area contributed by atoms with Crippen LogP contribution >= 0.6 is 0 Å². The van der Waals surface area contributed by atoms with Crippen molar-refractivity contribution in [3.05, 3.63) is 22.3 Å². The van der Waals surface area contributed by atoms with Gasteiger partial charge in [-0.05, 0) is 25.2 Å². The highest BCUT2D eigenvalue weighted by molar-refractivity contribution is 6.03. The van der Waals surface area contributed by atoms with Gasteiger partial charge in [0.25, 0.3) is 0 Å². The SMILES string of the molecule is CCC1=C(C)C(C)(C)C(C(=O)OCC(C)CC)=C(C(=O)OCC(C)CC)C1C. The first-order valence-corrected chi connectivity index (χ1v) is 10.8. The van der Waals surface area contributed by atoms with E-state index >= 15 is 0 Å². The topological polar surface area (TPSA) is 52.6 Å². The molecule has 0 amide bonds. The van der Waals surface area contributed by atoms with Crippen molar-refractivity contribution in [1.82, 2.24) is 0 Å². The number of rotatable bonds is 9. The Kier molecular flexibility index (Phi) is 8.97. The van der Waals surface area contributed by atoms with E-state index in [1.54, 1.807) is 0 Å². The molecule has 3 atom stereocenters. The zero-order chi connectivity index (χ0) is 21.6. The second kappa shape index (κ2) is 10.3. The van der Waals surface area contributed by atoms with Crippen molar-refractivity contribution in [2.24, 2.45) is 23.2 Å². The molecule has 0 spiro atoms. The van der Waals surface area contributed by atoms with E-state index in [9.17, 15) is 9.59 Å². The van der Waals surface area contributed by atoms with Crippen LogP contribution in [0.25, 0.3) is 0 Å². The second-order valence-corrected chi connectivity index (χ2v) is 8.86. The zero-order valence-corrected chi connectivity index (χ0v) is 19.4. The summed E-state index contributed by atoms with van der Waals surface area (Å²) >= 11 is 0. The summed E-state index contributed by atoms with van der Waals surface area (Å²) in [6.07, 6.45) is 2.72. The van der Waals surface area contributed by atoms with Crippen molar-refractivity contribution >= 4 is 11.9 Å². The summed E-state index contributed by atoms with van der Waals surface area (Å²) in [4.78, 5) is 26.2. The number of hydrogen-bond acceptors (Lipinski definition) is 4. The van der Waals surface area contributed by atoms with Crippen LogP contribution in [-0.2, 0) is 19.1 Å². The molecule has 0 aliphatic heterocycles. The second-order valence-electron chi connectivity index (χ2n) is 8.86. The van der Waals surface area contributed by atoms with Crippen molar-refractivity contribution in [2.75, 3.05) is 13.2 Å². The summed E-state index contributed by atoms with van der Waals surface area (Å²) in [5.41, 5.74) is 2.74. The molecule has 3 unspecified atom stereocenters. The van der Waals surface area contributed by atoms with Crippen LogP contribution in [-0.4, -0.2) is 25.2 Å². The summed E-state index contributed by atoms with van der Waals surface area (Å²) < 4.78 is 11.3. The van der Waals surface area contributed by atoms with Gasteiger partial charge in [0.15, 0.2) is 0 Å². The van der Waals surface area contributed by atoms with Gasteiger partial charge in [0.1, 0.15) is 0 Å². The number of carbonyl (C=O) groups is 2. The molecule has 0 aromatic carbocycles. The third-order valence-corrected chi connectivity index (χ3v) is 6.47. The summed E-state index contributed by atoms with van der Waals surface area (Å²) in [7, 11) is 0. The van der Waals surface area contributed by atoms with Gasteiger partial charge in [-0.3, -0.25) is 0 Å². The lowest BCUT2D eigenvalue weighted by atomic mass is 9.65. The monoisotopic (exact) mass is 392 g/mol. The van der Waals surface area contributed by atoms with E-state index in [4.69, 9.17) is 9.47 Å². The average molecular weight is 393 g/mol. The summed E-state index contributed by atoms with van der Waals surface area (Å²) in [6.45, 7) is 19.2.